The van der Waals surface area contributed by atoms with Gasteiger partial charge in [-0.25, -0.2) is 9.59 Å². The summed E-state index contributed by atoms with van der Waals surface area (Å²) in [5.41, 5.74) is 0.215. The Hall–Kier alpha value is -2.04. The van der Waals surface area contributed by atoms with Crippen molar-refractivity contribution in [3.05, 3.63) is 35.9 Å². The van der Waals surface area contributed by atoms with Gasteiger partial charge in [0.25, 0.3) is 0 Å². The SMILES string of the molecule is CC(C)(C)OC(=O)N1CC(c2ccccc2)C(=O)O1. The molecule has 1 heterocycles. The highest BCUT2D eigenvalue weighted by Gasteiger charge is 2.39. The number of benzene rings is 1. The second-order valence-corrected chi connectivity index (χ2v) is 5.42. The highest BCUT2D eigenvalue weighted by Crippen LogP contribution is 2.26. The smallest absolute Gasteiger partial charge is 0.442 e. The number of ether oxygens (including phenoxy) is 1. The Labute approximate surface area is 112 Å². The normalized spacial score (nSPS) is 19.2. The fraction of sp³-hybridized carbons (Fsp3) is 0.429. The molecule has 0 aliphatic carbocycles. The van der Waals surface area contributed by atoms with Gasteiger partial charge in [0.15, 0.2) is 0 Å². The number of hydrogen-bond acceptors (Lipinski definition) is 4. The van der Waals surface area contributed by atoms with E-state index in [0.29, 0.717) is 0 Å². The van der Waals surface area contributed by atoms with Crippen molar-refractivity contribution in [2.24, 2.45) is 0 Å². The van der Waals surface area contributed by atoms with E-state index in [1.54, 1.807) is 20.8 Å². The number of hydroxylamine groups is 2. The molecule has 2 rings (SSSR count). The van der Waals surface area contributed by atoms with Crippen LogP contribution in [0.1, 0.15) is 32.3 Å². The minimum Gasteiger partial charge on any atom is -0.442 e. The van der Waals surface area contributed by atoms with Crippen molar-refractivity contribution in [2.45, 2.75) is 32.3 Å². The van der Waals surface area contributed by atoms with Gasteiger partial charge in [0.05, 0.1) is 6.54 Å². The molecule has 1 aromatic carbocycles. The fourth-order valence-electron chi connectivity index (χ4n) is 1.80. The van der Waals surface area contributed by atoms with Crippen LogP contribution in [-0.4, -0.2) is 29.3 Å². The summed E-state index contributed by atoms with van der Waals surface area (Å²) in [6.07, 6.45) is -0.640. The molecule has 5 nitrogen and oxygen atoms in total. The third-order valence-corrected chi connectivity index (χ3v) is 2.63. The van der Waals surface area contributed by atoms with Crippen molar-refractivity contribution in [1.82, 2.24) is 5.06 Å². The number of hydrogen-bond donors (Lipinski definition) is 0. The molecule has 19 heavy (non-hydrogen) atoms. The summed E-state index contributed by atoms with van der Waals surface area (Å²) in [7, 11) is 0. The van der Waals surface area contributed by atoms with Crippen molar-refractivity contribution in [3.63, 3.8) is 0 Å². The van der Waals surface area contributed by atoms with Gasteiger partial charge in [0.1, 0.15) is 11.5 Å². The highest BCUT2D eigenvalue weighted by atomic mass is 16.8. The van der Waals surface area contributed by atoms with Gasteiger partial charge in [0.2, 0.25) is 0 Å². The van der Waals surface area contributed by atoms with E-state index in [4.69, 9.17) is 9.57 Å². The molecular formula is C14H17NO4. The lowest BCUT2D eigenvalue weighted by Crippen LogP contribution is -2.34. The summed E-state index contributed by atoms with van der Waals surface area (Å²) < 4.78 is 5.16. The third-order valence-electron chi connectivity index (χ3n) is 2.63. The van der Waals surface area contributed by atoms with Crippen LogP contribution in [-0.2, 0) is 14.4 Å². The van der Waals surface area contributed by atoms with Gasteiger partial charge < -0.3 is 9.57 Å². The molecule has 0 saturated carbocycles. The molecule has 102 valence electrons. The molecule has 1 aromatic rings. The van der Waals surface area contributed by atoms with Crippen LogP contribution in [0.4, 0.5) is 4.79 Å². The second kappa shape index (κ2) is 4.91. The quantitative estimate of drug-likeness (QED) is 0.781. The fourth-order valence-corrected chi connectivity index (χ4v) is 1.80. The minimum absolute atomic E-state index is 0.178. The predicted molar refractivity (Wildman–Crippen MR) is 68.2 cm³/mol. The topological polar surface area (TPSA) is 55.8 Å². The van der Waals surface area contributed by atoms with E-state index in [9.17, 15) is 9.59 Å². The summed E-state index contributed by atoms with van der Waals surface area (Å²) in [5.74, 6) is -0.884. The molecule has 1 aliphatic heterocycles. The Kier molecular flexibility index (Phi) is 3.46. The maximum atomic E-state index is 11.8. The van der Waals surface area contributed by atoms with Crippen molar-refractivity contribution >= 4 is 12.1 Å². The Morgan fingerprint density at radius 2 is 1.95 bits per heavy atom. The molecule has 1 saturated heterocycles. The monoisotopic (exact) mass is 263 g/mol. The van der Waals surface area contributed by atoms with Gasteiger partial charge in [-0.2, -0.15) is 0 Å². The molecule has 1 atom stereocenters. The van der Waals surface area contributed by atoms with Crippen LogP contribution in [0.5, 0.6) is 0 Å². The van der Waals surface area contributed by atoms with E-state index in [-0.39, 0.29) is 6.54 Å². The van der Waals surface area contributed by atoms with E-state index in [1.165, 1.54) is 0 Å². The maximum Gasteiger partial charge on any atom is 0.443 e. The van der Waals surface area contributed by atoms with Gasteiger partial charge in [-0.15, -0.1) is 5.06 Å². The molecule has 0 aromatic heterocycles. The van der Waals surface area contributed by atoms with E-state index in [0.717, 1.165) is 10.6 Å². The molecule has 1 unspecified atom stereocenters. The largest absolute Gasteiger partial charge is 0.443 e. The maximum absolute atomic E-state index is 11.8. The molecule has 1 fully saturated rings. The van der Waals surface area contributed by atoms with Gasteiger partial charge in [-0.1, -0.05) is 30.3 Å². The molecule has 1 amide bonds. The van der Waals surface area contributed by atoms with E-state index in [2.05, 4.69) is 0 Å². The van der Waals surface area contributed by atoms with Crippen LogP contribution >= 0.6 is 0 Å². The van der Waals surface area contributed by atoms with Crippen LogP contribution in [0.15, 0.2) is 30.3 Å². The Bertz CT molecular complexity index is 478. The number of nitrogens with zero attached hydrogens (tertiary/aromatic N) is 1. The zero-order valence-corrected chi connectivity index (χ0v) is 11.3. The number of carbonyl (C=O) groups excluding carboxylic acids is 2. The first-order valence-electron chi connectivity index (χ1n) is 6.14. The molecule has 0 bridgehead atoms. The highest BCUT2D eigenvalue weighted by molar-refractivity contribution is 5.83. The van der Waals surface area contributed by atoms with Crippen LogP contribution in [0, 0.1) is 0 Å². The lowest BCUT2D eigenvalue weighted by molar-refractivity contribution is -0.166. The Morgan fingerprint density at radius 3 is 2.53 bits per heavy atom. The summed E-state index contributed by atoms with van der Waals surface area (Å²) in [4.78, 5) is 28.5. The third kappa shape index (κ3) is 3.24. The predicted octanol–water partition coefficient (Wildman–Crippen LogP) is 2.48. The van der Waals surface area contributed by atoms with E-state index >= 15 is 0 Å². The molecule has 0 spiro atoms. The second-order valence-electron chi connectivity index (χ2n) is 5.42. The summed E-state index contributed by atoms with van der Waals surface area (Å²) in [6, 6.07) is 9.24. The average Bonchev–Trinajstić information content (AvgIpc) is 2.70. The standard InChI is InChI=1S/C14H17NO4/c1-14(2,3)18-13(17)15-9-11(12(16)19-15)10-7-5-4-6-8-10/h4-8,11H,9H2,1-3H3. The summed E-state index contributed by atoms with van der Waals surface area (Å²) in [6.45, 7) is 5.46. The summed E-state index contributed by atoms with van der Waals surface area (Å²) in [5, 5.41) is 0.977. The Balaban J connectivity index is 2.06. The first-order valence-corrected chi connectivity index (χ1v) is 6.14. The van der Waals surface area contributed by atoms with Crippen molar-refractivity contribution in [1.29, 1.82) is 0 Å². The van der Waals surface area contributed by atoms with E-state index < -0.39 is 23.6 Å². The minimum atomic E-state index is -0.640. The first kappa shape index (κ1) is 13.4. The number of carbonyl (C=O) groups is 2. The molecular weight excluding hydrogens is 246 g/mol. The summed E-state index contributed by atoms with van der Waals surface area (Å²) >= 11 is 0. The van der Waals surface area contributed by atoms with Crippen LogP contribution in [0.2, 0.25) is 0 Å². The van der Waals surface area contributed by atoms with Gasteiger partial charge in [0, 0.05) is 0 Å². The van der Waals surface area contributed by atoms with Crippen LogP contribution in [0.3, 0.4) is 0 Å². The van der Waals surface area contributed by atoms with Crippen LogP contribution in [0.25, 0.3) is 0 Å². The van der Waals surface area contributed by atoms with Gasteiger partial charge in [-0.05, 0) is 26.3 Å². The molecule has 0 radical (unpaired) electrons. The van der Waals surface area contributed by atoms with Crippen molar-refractivity contribution in [2.75, 3.05) is 6.54 Å². The van der Waals surface area contributed by atoms with E-state index in [1.807, 2.05) is 30.3 Å². The zero-order valence-electron chi connectivity index (χ0n) is 11.3. The molecule has 1 aliphatic rings. The number of amides is 1. The average molecular weight is 263 g/mol. The number of rotatable bonds is 1. The van der Waals surface area contributed by atoms with Gasteiger partial charge >= 0.3 is 12.1 Å². The molecule has 0 N–H and O–H groups in total. The van der Waals surface area contributed by atoms with Gasteiger partial charge in [-0.3, -0.25) is 0 Å². The van der Waals surface area contributed by atoms with Crippen LogP contribution < -0.4 is 0 Å². The lowest BCUT2D eigenvalue weighted by Gasteiger charge is -2.22. The Morgan fingerprint density at radius 1 is 1.32 bits per heavy atom. The van der Waals surface area contributed by atoms with Crippen molar-refractivity contribution < 1.29 is 19.2 Å². The molecule has 5 heteroatoms. The zero-order chi connectivity index (χ0) is 14.0. The lowest BCUT2D eigenvalue weighted by atomic mass is 10.0. The van der Waals surface area contributed by atoms with Crippen molar-refractivity contribution in [3.8, 4) is 0 Å². The first-order chi connectivity index (χ1) is 8.87.